The fourth-order valence-electron chi connectivity index (χ4n) is 2.42. The lowest BCUT2D eigenvalue weighted by Crippen LogP contribution is -2.55. The quantitative estimate of drug-likeness (QED) is 0.835. The molecule has 0 amide bonds. The lowest BCUT2D eigenvalue weighted by Gasteiger charge is -2.38. The standard InChI is InChI=1S/C14H20N2O2/c1-10-3-4-11(2)12(9-10)16-7-5-14(15,6-8-16)13(17)18/h3-4,9H,5-8,15H2,1-2H3,(H,17,18). The Morgan fingerprint density at radius 2 is 1.94 bits per heavy atom. The van der Waals surface area contributed by atoms with Crippen LogP contribution in [0.2, 0.25) is 0 Å². The van der Waals surface area contributed by atoms with Gasteiger partial charge in [-0.25, -0.2) is 0 Å². The normalized spacial score (nSPS) is 18.7. The minimum atomic E-state index is -1.05. The molecule has 1 aromatic carbocycles. The summed E-state index contributed by atoms with van der Waals surface area (Å²) in [5, 5.41) is 9.11. The average Bonchev–Trinajstić information content (AvgIpc) is 2.33. The maximum atomic E-state index is 11.1. The SMILES string of the molecule is Cc1ccc(C)c(N2CCC(N)(C(=O)O)CC2)c1. The van der Waals surface area contributed by atoms with Crippen molar-refractivity contribution in [3.8, 4) is 0 Å². The molecule has 0 aliphatic carbocycles. The largest absolute Gasteiger partial charge is 0.480 e. The maximum Gasteiger partial charge on any atom is 0.323 e. The van der Waals surface area contributed by atoms with Crippen LogP contribution in [0.25, 0.3) is 0 Å². The Morgan fingerprint density at radius 1 is 1.33 bits per heavy atom. The number of rotatable bonds is 2. The number of carbonyl (C=O) groups is 1. The van der Waals surface area contributed by atoms with E-state index < -0.39 is 11.5 Å². The lowest BCUT2D eigenvalue weighted by atomic mass is 9.88. The molecular formula is C14H20N2O2. The van der Waals surface area contributed by atoms with Gasteiger partial charge < -0.3 is 15.7 Å². The number of carboxylic acids is 1. The van der Waals surface area contributed by atoms with Gasteiger partial charge in [0, 0.05) is 18.8 Å². The van der Waals surface area contributed by atoms with Gasteiger partial charge in [-0.15, -0.1) is 0 Å². The number of aliphatic carboxylic acids is 1. The summed E-state index contributed by atoms with van der Waals surface area (Å²) < 4.78 is 0. The van der Waals surface area contributed by atoms with Crippen molar-refractivity contribution in [3.63, 3.8) is 0 Å². The van der Waals surface area contributed by atoms with E-state index in [-0.39, 0.29) is 0 Å². The van der Waals surface area contributed by atoms with Gasteiger partial charge in [-0.1, -0.05) is 12.1 Å². The highest BCUT2D eigenvalue weighted by molar-refractivity contribution is 5.79. The molecule has 1 saturated heterocycles. The third kappa shape index (κ3) is 2.34. The van der Waals surface area contributed by atoms with Gasteiger partial charge in [0.1, 0.15) is 5.54 Å². The van der Waals surface area contributed by atoms with Crippen LogP contribution in [-0.2, 0) is 4.79 Å². The number of carboxylic acid groups (broad SMARTS) is 1. The number of piperidine rings is 1. The summed E-state index contributed by atoms with van der Waals surface area (Å²) in [5.41, 5.74) is 8.48. The Kier molecular flexibility index (Phi) is 3.30. The lowest BCUT2D eigenvalue weighted by molar-refractivity contribution is -0.144. The van der Waals surface area contributed by atoms with Crippen LogP contribution < -0.4 is 10.6 Å². The molecule has 1 aliphatic rings. The summed E-state index contributed by atoms with van der Waals surface area (Å²) in [5.74, 6) is -0.886. The second kappa shape index (κ2) is 4.61. The molecule has 0 saturated carbocycles. The molecule has 1 heterocycles. The first-order valence-corrected chi connectivity index (χ1v) is 6.27. The van der Waals surface area contributed by atoms with Crippen molar-refractivity contribution in [1.29, 1.82) is 0 Å². The number of hydrogen-bond donors (Lipinski definition) is 2. The predicted molar refractivity (Wildman–Crippen MR) is 71.9 cm³/mol. The summed E-state index contributed by atoms with van der Waals surface area (Å²) in [7, 11) is 0. The monoisotopic (exact) mass is 248 g/mol. The minimum absolute atomic E-state index is 0.496. The van der Waals surface area contributed by atoms with E-state index in [2.05, 4.69) is 36.9 Å². The van der Waals surface area contributed by atoms with Crippen molar-refractivity contribution < 1.29 is 9.90 Å². The van der Waals surface area contributed by atoms with Crippen LogP contribution in [-0.4, -0.2) is 29.7 Å². The molecule has 98 valence electrons. The molecule has 18 heavy (non-hydrogen) atoms. The molecule has 1 fully saturated rings. The Hall–Kier alpha value is -1.55. The number of nitrogens with zero attached hydrogens (tertiary/aromatic N) is 1. The molecule has 4 heteroatoms. The molecule has 3 N–H and O–H groups in total. The predicted octanol–water partition coefficient (Wildman–Crippen LogP) is 1.69. The highest BCUT2D eigenvalue weighted by atomic mass is 16.4. The molecule has 0 bridgehead atoms. The van der Waals surface area contributed by atoms with E-state index in [0.717, 1.165) is 0 Å². The topological polar surface area (TPSA) is 66.6 Å². The van der Waals surface area contributed by atoms with Crippen LogP contribution in [0, 0.1) is 13.8 Å². The number of nitrogens with two attached hydrogens (primary N) is 1. The second-order valence-corrected chi connectivity index (χ2v) is 5.24. The minimum Gasteiger partial charge on any atom is -0.480 e. The van der Waals surface area contributed by atoms with Crippen molar-refractivity contribution >= 4 is 11.7 Å². The van der Waals surface area contributed by atoms with Gasteiger partial charge in [-0.3, -0.25) is 4.79 Å². The third-order valence-electron chi connectivity index (χ3n) is 3.79. The van der Waals surface area contributed by atoms with E-state index in [4.69, 9.17) is 10.8 Å². The number of hydrogen-bond acceptors (Lipinski definition) is 3. The smallest absolute Gasteiger partial charge is 0.323 e. The van der Waals surface area contributed by atoms with Crippen LogP contribution in [0.15, 0.2) is 18.2 Å². The first-order valence-electron chi connectivity index (χ1n) is 6.27. The zero-order chi connectivity index (χ0) is 13.3. The van der Waals surface area contributed by atoms with Gasteiger partial charge in [0.15, 0.2) is 0 Å². The maximum absolute atomic E-state index is 11.1. The zero-order valence-corrected chi connectivity index (χ0v) is 10.9. The first kappa shape index (κ1) is 12.9. The number of anilines is 1. The molecular weight excluding hydrogens is 228 g/mol. The molecule has 1 aliphatic heterocycles. The van der Waals surface area contributed by atoms with Crippen LogP contribution in [0.1, 0.15) is 24.0 Å². The van der Waals surface area contributed by atoms with Gasteiger partial charge in [-0.2, -0.15) is 0 Å². The van der Waals surface area contributed by atoms with E-state index in [0.29, 0.717) is 25.9 Å². The van der Waals surface area contributed by atoms with Crippen molar-refractivity contribution in [1.82, 2.24) is 0 Å². The van der Waals surface area contributed by atoms with Gasteiger partial charge in [-0.05, 0) is 43.9 Å². The van der Waals surface area contributed by atoms with E-state index >= 15 is 0 Å². The molecule has 0 atom stereocenters. The zero-order valence-electron chi connectivity index (χ0n) is 10.9. The number of aryl methyl sites for hydroxylation is 2. The summed E-state index contributed by atoms with van der Waals surface area (Å²) in [6.07, 6.45) is 0.991. The average molecular weight is 248 g/mol. The fraction of sp³-hybridized carbons (Fsp3) is 0.500. The summed E-state index contributed by atoms with van der Waals surface area (Å²) in [4.78, 5) is 13.3. The van der Waals surface area contributed by atoms with Crippen LogP contribution in [0.4, 0.5) is 5.69 Å². The summed E-state index contributed by atoms with van der Waals surface area (Å²) >= 11 is 0. The van der Waals surface area contributed by atoms with Crippen LogP contribution in [0.5, 0.6) is 0 Å². The Balaban J connectivity index is 2.15. The summed E-state index contributed by atoms with van der Waals surface area (Å²) in [6, 6.07) is 6.35. The van der Waals surface area contributed by atoms with Gasteiger partial charge >= 0.3 is 5.97 Å². The molecule has 4 nitrogen and oxygen atoms in total. The molecule has 0 radical (unpaired) electrons. The number of benzene rings is 1. The first-order chi connectivity index (χ1) is 8.42. The molecule has 2 rings (SSSR count). The Bertz CT molecular complexity index is 463. The van der Waals surface area contributed by atoms with Crippen molar-refractivity contribution in [2.45, 2.75) is 32.2 Å². The van der Waals surface area contributed by atoms with Crippen molar-refractivity contribution in [2.75, 3.05) is 18.0 Å². The Morgan fingerprint density at radius 3 is 2.50 bits per heavy atom. The van der Waals surface area contributed by atoms with E-state index in [1.165, 1.54) is 16.8 Å². The van der Waals surface area contributed by atoms with Crippen molar-refractivity contribution in [2.24, 2.45) is 5.73 Å². The fourth-order valence-corrected chi connectivity index (χ4v) is 2.42. The highest BCUT2D eigenvalue weighted by Crippen LogP contribution is 2.28. The van der Waals surface area contributed by atoms with E-state index in [1.54, 1.807) is 0 Å². The summed E-state index contributed by atoms with van der Waals surface area (Å²) in [6.45, 7) is 5.55. The van der Waals surface area contributed by atoms with E-state index in [9.17, 15) is 4.79 Å². The van der Waals surface area contributed by atoms with E-state index in [1.807, 2.05) is 0 Å². The van der Waals surface area contributed by atoms with Gasteiger partial charge in [0.25, 0.3) is 0 Å². The van der Waals surface area contributed by atoms with Crippen LogP contribution in [0.3, 0.4) is 0 Å². The van der Waals surface area contributed by atoms with Gasteiger partial charge in [0.2, 0.25) is 0 Å². The third-order valence-corrected chi connectivity index (χ3v) is 3.79. The molecule has 0 spiro atoms. The van der Waals surface area contributed by atoms with Crippen LogP contribution >= 0.6 is 0 Å². The molecule has 0 unspecified atom stereocenters. The highest BCUT2D eigenvalue weighted by Gasteiger charge is 2.37. The Labute approximate surface area is 107 Å². The molecule has 0 aromatic heterocycles. The second-order valence-electron chi connectivity index (χ2n) is 5.24. The van der Waals surface area contributed by atoms with Crippen molar-refractivity contribution in [3.05, 3.63) is 29.3 Å². The molecule has 1 aromatic rings. The van der Waals surface area contributed by atoms with Gasteiger partial charge in [0.05, 0.1) is 0 Å².